The number of amides is 1. The molecule has 0 bridgehead atoms. The van der Waals surface area contributed by atoms with E-state index in [0.717, 1.165) is 0 Å². The molecule has 0 saturated carbocycles. The smallest absolute Gasteiger partial charge is 0.426 e. The van der Waals surface area contributed by atoms with Gasteiger partial charge in [0.25, 0.3) is 5.91 Å². The Kier molecular flexibility index (Phi) is 7.56. The Balaban J connectivity index is 3.08. The molecule has 13 heteroatoms. The number of esters is 1. The van der Waals surface area contributed by atoms with Gasteiger partial charge in [-0.3, -0.25) is 9.59 Å². The zero-order valence-corrected chi connectivity index (χ0v) is 14.8. The number of anilines is 1. The fourth-order valence-corrected chi connectivity index (χ4v) is 2.18. The van der Waals surface area contributed by atoms with E-state index in [0.29, 0.717) is 6.20 Å². The maximum Gasteiger partial charge on any atom is 0.426 e. The Morgan fingerprint density at radius 2 is 1.90 bits per heavy atom. The number of rotatable bonds is 7. The summed E-state index contributed by atoms with van der Waals surface area (Å²) in [6.07, 6.45) is -12.3. The third-order valence-electron chi connectivity index (χ3n) is 3.63. The van der Waals surface area contributed by atoms with Crippen LogP contribution in [0.25, 0.3) is 0 Å². The minimum atomic E-state index is -5.49. The number of aromatic nitrogens is 1. The molecule has 1 aromatic rings. The SMILES string of the molecule is CCOC(=O)CCCC(O)(C(=O)Nc1cnc(C#N)c(C(F)(F)F)c1)C(F)(F)F. The molecule has 29 heavy (non-hydrogen) atoms. The van der Waals surface area contributed by atoms with Crippen LogP contribution >= 0.6 is 0 Å². The third-order valence-corrected chi connectivity index (χ3v) is 3.63. The number of aliphatic hydroxyl groups is 1. The molecule has 160 valence electrons. The molecule has 1 amide bonds. The van der Waals surface area contributed by atoms with Crippen LogP contribution in [0.15, 0.2) is 12.3 Å². The number of hydrogen-bond donors (Lipinski definition) is 2. The number of carbonyl (C=O) groups is 2. The number of halogens is 6. The zero-order valence-electron chi connectivity index (χ0n) is 14.8. The summed E-state index contributed by atoms with van der Waals surface area (Å²) in [5.41, 5.74) is -7.41. The Hall–Kier alpha value is -2.88. The van der Waals surface area contributed by atoms with Gasteiger partial charge in [-0.05, 0) is 25.8 Å². The summed E-state index contributed by atoms with van der Waals surface area (Å²) in [4.78, 5) is 26.4. The van der Waals surface area contributed by atoms with Gasteiger partial charge in [0.2, 0.25) is 5.60 Å². The highest BCUT2D eigenvalue weighted by Crippen LogP contribution is 2.37. The number of pyridine rings is 1. The molecule has 7 nitrogen and oxygen atoms in total. The van der Waals surface area contributed by atoms with E-state index >= 15 is 0 Å². The lowest BCUT2D eigenvalue weighted by atomic mass is 9.94. The van der Waals surface area contributed by atoms with E-state index in [-0.39, 0.29) is 12.7 Å². The predicted octanol–water partition coefficient (Wildman–Crippen LogP) is 2.94. The van der Waals surface area contributed by atoms with Gasteiger partial charge >= 0.3 is 18.3 Å². The number of carbonyl (C=O) groups excluding carboxylic acids is 2. The van der Waals surface area contributed by atoms with Crippen molar-refractivity contribution in [2.75, 3.05) is 11.9 Å². The molecule has 1 atom stereocenters. The van der Waals surface area contributed by atoms with Gasteiger partial charge in [-0.15, -0.1) is 0 Å². The second-order valence-corrected chi connectivity index (χ2v) is 5.70. The monoisotopic (exact) mass is 427 g/mol. The molecule has 1 rings (SSSR count). The van der Waals surface area contributed by atoms with E-state index in [1.807, 2.05) is 0 Å². The number of alkyl halides is 6. The molecule has 0 fully saturated rings. The van der Waals surface area contributed by atoms with Crippen LogP contribution < -0.4 is 5.32 Å². The molecule has 0 spiro atoms. The van der Waals surface area contributed by atoms with Crippen LogP contribution in [-0.4, -0.2) is 40.4 Å². The van der Waals surface area contributed by atoms with Crippen molar-refractivity contribution in [1.82, 2.24) is 4.98 Å². The first-order valence-corrected chi connectivity index (χ1v) is 7.99. The Labute approximate surface area is 160 Å². The molecule has 0 aliphatic carbocycles. The van der Waals surface area contributed by atoms with Crippen molar-refractivity contribution in [2.24, 2.45) is 0 Å². The molecule has 0 aliphatic rings. The third kappa shape index (κ3) is 6.05. The van der Waals surface area contributed by atoms with Crippen molar-refractivity contribution in [3.05, 3.63) is 23.5 Å². The minimum Gasteiger partial charge on any atom is -0.466 e. The zero-order chi connectivity index (χ0) is 22.5. The quantitative estimate of drug-likeness (QED) is 0.511. The van der Waals surface area contributed by atoms with Crippen molar-refractivity contribution in [3.63, 3.8) is 0 Å². The summed E-state index contributed by atoms with van der Waals surface area (Å²) in [6, 6.07) is 1.39. The molecule has 0 saturated heterocycles. The van der Waals surface area contributed by atoms with Gasteiger partial charge in [0, 0.05) is 6.42 Å². The summed E-state index contributed by atoms with van der Waals surface area (Å²) in [7, 11) is 0. The molecule has 0 aromatic carbocycles. The van der Waals surface area contributed by atoms with Crippen LogP contribution in [0.1, 0.15) is 37.4 Å². The van der Waals surface area contributed by atoms with Crippen molar-refractivity contribution >= 4 is 17.6 Å². The number of nitrogens with one attached hydrogen (secondary N) is 1. The standard InChI is InChI=1S/C16H15F6N3O4/c1-2-29-12(26)4-3-5-14(28,16(20,21)22)13(27)25-9-6-10(15(17,18)19)11(7-23)24-8-9/h6,8,28H,2-5H2,1H3,(H,25,27). The fourth-order valence-electron chi connectivity index (χ4n) is 2.18. The van der Waals surface area contributed by atoms with Crippen molar-refractivity contribution in [3.8, 4) is 6.07 Å². The van der Waals surface area contributed by atoms with E-state index in [2.05, 4.69) is 9.72 Å². The average Bonchev–Trinajstić information content (AvgIpc) is 2.59. The highest BCUT2D eigenvalue weighted by atomic mass is 19.4. The van der Waals surface area contributed by atoms with Crippen molar-refractivity contribution in [2.45, 2.75) is 44.1 Å². The van der Waals surface area contributed by atoms with Crippen molar-refractivity contribution < 1.29 is 45.8 Å². The van der Waals surface area contributed by atoms with Gasteiger partial charge in [-0.25, -0.2) is 4.98 Å². The number of nitrogens with zero attached hydrogens (tertiary/aromatic N) is 2. The molecule has 1 heterocycles. The first-order valence-electron chi connectivity index (χ1n) is 7.99. The van der Waals surface area contributed by atoms with Gasteiger partial charge < -0.3 is 15.2 Å². The summed E-state index contributed by atoms with van der Waals surface area (Å²) in [5, 5.41) is 20.0. The van der Waals surface area contributed by atoms with Gasteiger partial charge in [-0.2, -0.15) is 31.6 Å². The lowest BCUT2D eigenvalue weighted by molar-refractivity contribution is -0.251. The van der Waals surface area contributed by atoms with Crippen LogP contribution in [0.5, 0.6) is 0 Å². The molecule has 2 N–H and O–H groups in total. The summed E-state index contributed by atoms with van der Waals surface area (Å²) in [5.74, 6) is -2.91. The largest absolute Gasteiger partial charge is 0.466 e. The minimum absolute atomic E-state index is 0.0178. The van der Waals surface area contributed by atoms with Crippen LogP contribution in [0.4, 0.5) is 32.0 Å². The van der Waals surface area contributed by atoms with E-state index in [9.17, 15) is 41.0 Å². The normalized spacial score (nSPS) is 13.9. The Bertz CT molecular complexity index is 803. The van der Waals surface area contributed by atoms with E-state index in [1.165, 1.54) is 18.3 Å². The number of nitriles is 1. The van der Waals surface area contributed by atoms with Crippen LogP contribution in [0.2, 0.25) is 0 Å². The molecular weight excluding hydrogens is 412 g/mol. The molecule has 0 radical (unpaired) electrons. The number of hydrogen-bond acceptors (Lipinski definition) is 6. The lowest BCUT2D eigenvalue weighted by Gasteiger charge is -2.29. The average molecular weight is 427 g/mol. The summed E-state index contributed by atoms with van der Waals surface area (Å²) >= 11 is 0. The van der Waals surface area contributed by atoms with E-state index in [1.54, 1.807) is 0 Å². The topological polar surface area (TPSA) is 112 Å². The Morgan fingerprint density at radius 3 is 2.38 bits per heavy atom. The van der Waals surface area contributed by atoms with Crippen molar-refractivity contribution in [1.29, 1.82) is 5.26 Å². The maximum absolute atomic E-state index is 13.3. The van der Waals surface area contributed by atoms with Gasteiger partial charge in [-0.1, -0.05) is 0 Å². The highest BCUT2D eigenvalue weighted by molar-refractivity contribution is 5.97. The highest BCUT2D eigenvalue weighted by Gasteiger charge is 2.59. The lowest BCUT2D eigenvalue weighted by Crippen LogP contribution is -2.54. The molecule has 1 unspecified atom stereocenters. The van der Waals surface area contributed by atoms with Crippen LogP contribution in [0, 0.1) is 11.3 Å². The van der Waals surface area contributed by atoms with Gasteiger partial charge in [0.05, 0.1) is 24.1 Å². The predicted molar refractivity (Wildman–Crippen MR) is 84.1 cm³/mol. The van der Waals surface area contributed by atoms with Gasteiger partial charge in [0.15, 0.2) is 5.69 Å². The fraction of sp³-hybridized carbons (Fsp3) is 0.500. The second-order valence-electron chi connectivity index (χ2n) is 5.70. The number of ether oxygens (including phenoxy) is 1. The maximum atomic E-state index is 13.3. The Morgan fingerprint density at radius 1 is 1.28 bits per heavy atom. The summed E-state index contributed by atoms with van der Waals surface area (Å²) < 4.78 is 83.0. The summed E-state index contributed by atoms with van der Waals surface area (Å²) in [6.45, 7) is 1.45. The molecule has 0 aliphatic heterocycles. The molecular formula is C16H15F6N3O4. The first-order chi connectivity index (χ1) is 13.3. The second kappa shape index (κ2) is 9.08. The van der Waals surface area contributed by atoms with Gasteiger partial charge in [0.1, 0.15) is 6.07 Å². The van der Waals surface area contributed by atoms with Crippen LogP contribution in [0.3, 0.4) is 0 Å². The van der Waals surface area contributed by atoms with E-state index in [4.69, 9.17) is 5.26 Å². The first kappa shape index (κ1) is 24.2. The van der Waals surface area contributed by atoms with E-state index < -0.39 is 66.0 Å². The van der Waals surface area contributed by atoms with Crippen LogP contribution in [-0.2, 0) is 20.5 Å². The molecule has 1 aromatic heterocycles.